The van der Waals surface area contributed by atoms with Gasteiger partial charge < -0.3 is 10.3 Å². The number of rotatable bonds is 4. The van der Waals surface area contributed by atoms with Gasteiger partial charge >= 0.3 is 0 Å². The van der Waals surface area contributed by atoms with Gasteiger partial charge in [-0.1, -0.05) is 31.0 Å². The SMILES string of the molecule is Cc1nc(SCc2nccc(N)n2)n(C2CCCCC2)c1C. The number of nitrogens with zero attached hydrogens (tertiary/aromatic N) is 4. The lowest BCUT2D eigenvalue weighted by Crippen LogP contribution is -2.15. The van der Waals surface area contributed by atoms with Gasteiger partial charge in [-0.25, -0.2) is 15.0 Å². The largest absolute Gasteiger partial charge is 0.384 e. The van der Waals surface area contributed by atoms with E-state index in [4.69, 9.17) is 10.7 Å². The van der Waals surface area contributed by atoms with Crippen LogP contribution in [0.2, 0.25) is 0 Å². The summed E-state index contributed by atoms with van der Waals surface area (Å²) in [5, 5.41) is 1.09. The molecular formula is C16H23N5S. The first kappa shape index (κ1) is 15.3. The van der Waals surface area contributed by atoms with Crippen LogP contribution in [0.4, 0.5) is 5.82 Å². The molecule has 1 aliphatic rings. The molecule has 0 bridgehead atoms. The third kappa shape index (κ3) is 3.27. The van der Waals surface area contributed by atoms with Crippen LogP contribution >= 0.6 is 11.8 Å². The zero-order valence-corrected chi connectivity index (χ0v) is 14.1. The van der Waals surface area contributed by atoms with E-state index in [1.165, 1.54) is 37.8 Å². The van der Waals surface area contributed by atoms with Crippen LogP contribution in [0.25, 0.3) is 0 Å². The van der Waals surface area contributed by atoms with Crippen molar-refractivity contribution in [1.29, 1.82) is 0 Å². The molecule has 0 aromatic carbocycles. The second kappa shape index (κ2) is 6.69. The molecule has 1 aliphatic carbocycles. The summed E-state index contributed by atoms with van der Waals surface area (Å²) < 4.78 is 2.44. The van der Waals surface area contributed by atoms with Crippen molar-refractivity contribution in [3.63, 3.8) is 0 Å². The number of hydrogen-bond acceptors (Lipinski definition) is 5. The Kier molecular flexibility index (Phi) is 4.66. The summed E-state index contributed by atoms with van der Waals surface area (Å²) in [6.45, 7) is 4.27. The zero-order valence-electron chi connectivity index (χ0n) is 13.2. The van der Waals surface area contributed by atoms with Gasteiger partial charge in [-0.05, 0) is 32.8 Å². The number of aryl methyl sites for hydroxylation is 1. The fraction of sp³-hybridized carbons (Fsp3) is 0.562. The number of imidazole rings is 1. The topological polar surface area (TPSA) is 69.6 Å². The highest BCUT2D eigenvalue weighted by atomic mass is 32.2. The monoisotopic (exact) mass is 317 g/mol. The number of aromatic nitrogens is 4. The predicted octanol–water partition coefficient (Wildman–Crippen LogP) is 3.67. The lowest BCUT2D eigenvalue weighted by Gasteiger charge is -2.26. The third-order valence-electron chi connectivity index (χ3n) is 4.35. The minimum atomic E-state index is 0.522. The Morgan fingerprint density at radius 1 is 1.23 bits per heavy atom. The highest BCUT2D eigenvalue weighted by Crippen LogP contribution is 2.34. The van der Waals surface area contributed by atoms with Gasteiger partial charge in [-0.3, -0.25) is 0 Å². The van der Waals surface area contributed by atoms with Crippen LogP contribution in [0.3, 0.4) is 0 Å². The van der Waals surface area contributed by atoms with E-state index in [1.54, 1.807) is 24.0 Å². The van der Waals surface area contributed by atoms with Crippen molar-refractivity contribution in [1.82, 2.24) is 19.5 Å². The standard InChI is InChI=1S/C16H23N5S/c1-11-12(2)21(13-6-4-3-5-7-13)16(19-11)22-10-15-18-9-8-14(17)20-15/h8-9,13H,3-7,10H2,1-2H3,(H2,17,18,20). The summed E-state index contributed by atoms with van der Waals surface area (Å²) in [4.78, 5) is 13.3. The fourth-order valence-corrected chi connectivity index (χ4v) is 4.10. The van der Waals surface area contributed by atoms with Crippen LogP contribution in [-0.4, -0.2) is 19.5 Å². The van der Waals surface area contributed by atoms with Crippen molar-refractivity contribution in [3.05, 3.63) is 29.5 Å². The minimum Gasteiger partial charge on any atom is -0.384 e. The van der Waals surface area contributed by atoms with Crippen molar-refractivity contribution in [2.24, 2.45) is 0 Å². The number of nitrogens with two attached hydrogens (primary N) is 1. The molecule has 5 nitrogen and oxygen atoms in total. The molecule has 2 N–H and O–H groups in total. The van der Waals surface area contributed by atoms with Crippen LogP contribution in [0.5, 0.6) is 0 Å². The summed E-state index contributed by atoms with van der Waals surface area (Å²) >= 11 is 1.71. The Balaban J connectivity index is 1.79. The van der Waals surface area contributed by atoms with Crippen molar-refractivity contribution in [2.45, 2.75) is 62.9 Å². The first-order valence-corrected chi connectivity index (χ1v) is 8.89. The van der Waals surface area contributed by atoms with E-state index < -0.39 is 0 Å². The highest BCUT2D eigenvalue weighted by molar-refractivity contribution is 7.98. The molecule has 0 spiro atoms. The van der Waals surface area contributed by atoms with E-state index in [0.29, 0.717) is 17.6 Å². The molecule has 0 aliphatic heterocycles. The average Bonchev–Trinajstić information content (AvgIpc) is 2.81. The highest BCUT2D eigenvalue weighted by Gasteiger charge is 2.22. The Bertz CT molecular complexity index is 646. The van der Waals surface area contributed by atoms with E-state index in [-0.39, 0.29) is 0 Å². The maximum absolute atomic E-state index is 5.72. The summed E-state index contributed by atoms with van der Waals surface area (Å²) in [6.07, 6.45) is 8.25. The Morgan fingerprint density at radius 3 is 2.73 bits per heavy atom. The van der Waals surface area contributed by atoms with Crippen LogP contribution in [-0.2, 0) is 5.75 Å². The molecule has 6 heteroatoms. The molecule has 2 aromatic heterocycles. The van der Waals surface area contributed by atoms with Gasteiger partial charge in [0.15, 0.2) is 5.16 Å². The van der Waals surface area contributed by atoms with E-state index >= 15 is 0 Å². The second-order valence-corrected chi connectivity index (χ2v) is 6.86. The number of hydrogen-bond donors (Lipinski definition) is 1. The summed E-state index contributed by atoms with van der Waals surface area (Å²) in [6, 6.07) is 2.31. The van der Waals surface area contributed by atoms with Crippen molar-refractivity contribution >= 4 is 17.6 Å². The molecule has 1 saturated carbocycles. The zero-order chi connectivity index (χ0) is 15.5. The third-order valence-corrected chi connectivity index (χ3v) is 5.30. The summed E-state index contributed by atoms with van der Waals surface area (Å²) in [5.41, 5.74) is 8.14. The van der Waals surface area contributed by atoms with Crippen LogP contribution in [0.1, 0.15) is 55.4 Å². The Morgan fingerprint density at radius 2 is 2.00 bits per heavy atom. The van der Waals surface area contributed by atoms with Crippen LogP contribution < -0.4 is 5.73 Å². The second-order valence-electron chi connectivity index (χ2n) is 5.91. The fourth-order valence-electron chi connectivity index (χ4n) is 3.08. The van der Waals surface area contributed by atoms with Crippen molar-refractivity contribution < 1.29 is 0 Å². The molecule has 2 heterocycles. The first-order valence-electron chi connectivity index (χ1n) is 7.91. The summed E-state index contributed by atoms with van der Waals surface area (Å²) in [5.74, 6) is 1.99. The van der Waals surface area contributed by atoms with Gasteiger partial charge in [-0.2, -0.15) is 0 Å². The van der Waals surface area contributed by atoms with Gasteiger partial charge in [-0.15, -0.1) is 0 Å². The lowest BCUT2D eigenvalue weighted by atomic mass is 9.95. The first-order chi connectivity index (χ1) is 10.6. The molecule has 1 fully saturated rings. The van der Waals surface area contributed by atoms with Crippen LogP contribution in [0.15, 0.2) is 17.4 Å². The smallest absolute Gasteiger partial charge is 0.169 e. The maximum Gasteiger partial charge on any atom is 0.169 e. The molecule has 0 unspecified atom stereocenters. The molecule has 2 aromatic rings. The van der Waals surface area contributed by atoms with Gasteiger partial charge in [0, 0.05) is 17.9 Å². The molecular weight excluding hydrogens is 294 g/mol. The Labute approximate surface area is 135 Å². The van der Waals surface area contributed by atoms with Gasteiger partial charge in [0.25, 0.3) is 0 Å². The van der Waals surface area contributed by atoms with E-state index in [0.717, 1.165) is 16.7 Å². The van der Waals surface area contributed by atoms with E-state index in [1.807, 2.05) is 0 Å². The normalized spacial score (nSPS) is 16.1. The minimum absolute atomic E-state index is 0.522. The number of nitrogen functional groups attached to an aromatic ring is 1. The average molecular weight is 317 g/mol. The quantitative estimate of drug-likeness (QED) is 0.871. The molecule has 118 valence electrons. The van der Waals surface area contributed by atoms with Gasteiger partial charge in [0.1, 0.15) is 11.6 Å². The molecule has 0 atom stereocenters. The van der Waals surface area contributed by atoms with Crippen molar-refractivity contribution in [2.75, 3.05) is 5.73 Å². The van der Waals surface area contributed by atoms with Crippen LogP contribution in [0, 0.1) is 13.8 Å². The maximum atomic E-state index is 5.72. The number of anilines is 1. The molecule has 0 radical (unpaired) electrons. The summed E-state index contributed by atoms with van der Waals surface area (Å²) in [7, 11) is 0. The van der Waals surface area contributed by atoms with Gasteiger partial charge in [0.05, 0.1) is 11.4 Å². The molecule has 22 heavy (non-hydrogen) atoms. The molecule has 0 amide bonds. The lowest BCUT2D eigenvalue weighted by molar-refractivity contribution is 0.332. The van der Waals surface area contributed by atoms with Gasteiger partial charge in [0.2, 0.25) is 0 Å². The number of thioether (sulfide) groups is 1. The molecule has 0 saturated heterocycles. The van der Waals surface area contributed by atoms with Crippen molar-refractivity contribution in [3.8, 4) is 0 Å². The Hall–Kier alpha value is -1.56. The van der Waals surface area contributed by atoms with E-state index in [2.05, 4.69) is 28.4 Å². The van der Waals surface area contributed by atoms with E-state index in [9.17, 15) is 0 Å². The predicted molar refractivity (Wildman–Crippen MR) is 89.8 cm³/mol. The molecule has 3 rings (SSSR count).